The summed E-state index contributed by atoms with van der Waals surface area (Å²) in [5, 5.41) is 9.58. The van der Waals surface area contributed by atoms with Gasteiger partial charge >= 0.3 is 0 Å². The van der Waals surface area contributed by atoms with E-state index in [1.54, 1.807) is 11.8 Å². The van der Waals surface area contributed by atoms with Crippen molar-refractivity contribution in [2.24, 2.45) is 5.92 Å². The average molecular weight is 259 g/mol. The van der Waals surface area contributed by atoms with Crippen molar-refractivity contribution in [1.82, 2.24) is 0 Å². The van der Waals surface area contributed by atoms with Gasteiger partial charge < -0.3 is 0 Å². The molecule has 18 heavy (non-hydrogen) atoms. The third-order valence-corrected chi connectivity index (χ3v) is 5.26. The van der Waals surface area contributed by atoms with Crippen LogP contribution in [0.3, 0.4) is 0 Å². The molecule has 1 fully saturated rings. The molecule has 1 saturated carbocycles. The van der Waals surface area contributed by atoms with E-state index < -0.39 is 0 Å². The monoisotopic (exact) mass is 259 g/mol. The number of nitriles is 1. The highest BCUT2D eigenvalue weighted by atomic mass is 32.2. The molecule has 1 nitrogen and oxygen atoms in total. The van der Waals surface area contributed by atoms with Gasteiger partial charge in [-0.15, -0.1) is 11.8 Å². The minimum absolute atomic E-state index is 0.129. The number of benzene rings is 1. The van der Waals surface area contributed by atoms with Gasteiger partial charge in [-0.25, -0.2) is 0 Å². The second-order valence-electron chi connectivity index (χ2n) is 5.18. The first-order valence-electron chi connectivity index (χ1n) is 6.93. The van der Waals surface area contributed by atoms with E-state index in [-0.39, 0.29) is 5.25 Å². The summed E-state index contributed by atoms with van der Waals surface area (Å²) in [7, 11) is 0. The van der Waals surface area contributed by atoms with Crippen LogP contribution in [0, 0.1) is 24.2 Å². The Hall–Kier alpha value is -0.940. The molecule has 1 aromatic rings. The number of aryl methyl sites for hydroxylation is 1. The molecule has 0 spiro atoms. The summed E-state index contributed by atoms with van der Waals surface area (Å²) < 4.78 is 0. The highest BCUT2D eigenvalue weighted by molar-refractivity contribution is 8.00. The Morgan fingerprint density at radius 2 is 1.83 bits per heavy atom. The van der Waals surface area contributed by atoms with Gasteiger partial charge in [-0.05, 0) is 37.3 Å². The molecule has 0 aliphatic heterocycles. The predicted octanol–water partition coefficient (Wildman–Crippen LogP) is 4.95. The highest BCUT2D eigenvalue weighted by Crippen LogP contribution is 2.36. The van der Waals surface area contributed by atoms with Gasteiger partial charge in [0, 0.05) is 4.90 Å². The zero-order valence-electron chi connectivity index (χ0n) is 11.1. The Balaban J connectivity index is 2.05. The van der Waals surface area contributed by atoms with E-state index in [0.29, 0.717) is 5.92 Å². The third kappa shape index (κ3) is 3.53. The summed E-state index contributed by atoms with van der Waals surface area (Å²) in [5.74, 6) is 0.585. The smallest absolute Gasteiger partial charge is 0.0991 e. The summed E-state index contributed by atoms with van der Waals surface area (Å²) in [5.41, 5.74) is 1.29. The molecule has 0 aromatic heterocycles. The molecule has 1 aliphatic carbocycles. The van der Waals surface area contributed by atoms with Crippen LogP contribution in [0.25, 0.3) is 0 Å². The largest absolute Gasteiger partial charge is 0.197 e. The molecule has 1 aliphatic rings. The molecule has 0 bridgehead atoms. The van der Waals surface area contributed by atoms with E-state index in [0.717, 1.165) is 0 Å². The van der Waals surface area contributed by atoms with E-state index >= 15 is 0 Å². The van der Waals surface area contributed by atoms with E-state index in [1.807, 2.05) is 0 Å². The normalized spacial score (nSPS) is 18.9. The van der Waals surface area contributed by atoms with E-state index in [2.05, 4.69) is 37.3 Å². The molecule has 0 amide bonds. The molecule has 0 heterocycles. The Morgan fingerprint density at radius 3 is 2.44 bits per heavy atom. The van der Waals surface area contributed by atoms with Crippen molar-refractivity contribution >= 4 is 11.8 Å². The molecule has 2 heteroatoms. The fraction of sp³-hybridized carbons (Fsp3) is 0.562. The minimum atomic E-state index is 0.129. The van der Waals surface area contributed by atoms with Crippen LogP contribution in [-0.2, 0) is 0 Å². The maximum Gasteiger partial charge on any atom is 0.0991 e. The van der Waals surface area contributed by atoms with Crippen molar-refractivity contribution in [3.05, 3.63) is 29.8 Å². The molecule has 96 valence electrons. The third-order valence-electron chi connectivity index (χ3n) is 3.80. The van der Waals surface area contributed by atoms with Crippen LogP contribution in [0.15, 0.2) is 29.2 Å². The molecule has 1 aromatic carbocycles. The van der Waals surface area contributed by atoms with Gasteiger partial charge in [0.15, 0.2) is 0 Å². The van der Waals surface area contributed by atoms with Gasteiger partial charge in [-0.3, -0.25) is 0 Å². The fourth-order valence-corrected chi connectivity index (χ4v) is 3.87. The second kappa shape index (κ2) is 6.85. The number of rotatable bonds is 3. The van der Waals surface area contributed by atoms with Gasteiger partial charge in [0.25, 0.3) is 0 Å². The van der Waals surface area contributed by atoms with Crippen LogP contribution in [0.5, 0.6) is 0 Å². The first kappa shape index (κ1) is 13.5. The maximum atomic E-state index is 9.45. The zero-order valence-corrected chi connectivity index (χ0v) is 11.9. The lowest BCUT2D eigenvalue weighted by molar-refractivity contribution is 0.479. The van der Waals surface area contributed by atoms with Gasteiger partial charge in [-0.1, -0.05) is 43.9 Å². The van der Waals surface area contributed by atoms with Gasteiger partial charge in [-0.2, -0.15) is 5.26 Å². The van der Waals surface area contributed by atoms with E-state index in [1.165, 1.54) is 49.0 Å². The van der Waals surface area contributed by atoms with Gasteiger partial charge in [0.2, 0.25) is 0 Å². The van der Waals surface area contributed by atoms with Crippen LogP contribution in [0.1, 0.15) is 44.1 Å². The van der Waals surface area contributed by atoms with E-state index in [4.69, 9.17) is 0 Å². The topological polar surface area (TPSA) is 23.8 Å². The van der Waals surface area contributed by atoms with Crippen LogP contribution in [-0.4, -0.2) is 5.25 Å². The molecule has 0 N–H and O–H groups in total. The second-order valence-corrected chi connectivity index (χ2v) is 6.37. The molecule has 0 radical (unpaired) electrons. The molecule has 2 rings (SSSR count). The first-order valence-corrected chi connectivity index (χ1v) is 7.81. The van der Waals surface area contributed by atoms with Crippen LogP contribution < -0.4 is 0 Å². The molecular weight excluding hydrogens is 238 g/mol. The summed E-state index contributed by atoms with van der Waals surface area (Å²) in [6.45, 7) is 2.13. The Labute approximate surface area is 115 Å². The summed E-state index contributed by atoms with van der Waals surface area (Å²) in [6, 6.07) is 10.9. The predicted molar refractivity (Wildman–Crippen MR) is 77.6 cm³/mol. The van der Waals surface area contributed by atoms with Crippen molar-refractivity contribution in [3.8, 4) is 6.07 Å². The number of nitrogens with zero attached hydrogens (tertiary/aromatic N) is 1. The van der Waals surface area contributed by atoms with Crippen LogP contribution in [0.2, 0.25) is 0 Å². The SMILES string of the molecule is Cc1ccccc1SC(C#N)C1CCCCCC1. The first-order chi connectivity index (χ1) is 8.81. The van der Waals surface area contributed by atoms with Crippen LogP contribution >= 0.6 is 11.8 Å². The zero-order chi connectivity index (χ0) is 12.8. The quantitative estimate of drug-likeness (QED) is 0.566. The van der Waals surface area contributed by atoms with Crippen molar-refractivity contribution in [3.63, 3.8) is 0 Å². The Morgan fingerprint density at radius 1 is 1.17 bits per heavy atom. The van der Waals surface area contributed by atoms with Crippen molar-refractivity contribution < 1.29 is 0 Å². The summed E-state index contributed by atoms with van der Waals surface area (Å²) in [6.07, 6.45) is 7.77. The van der Waals surface area contributed by atoms with Gasteiger partial charge in [0.1, 0.15) is 0 Å². The average Bonchev–Trinajstić information content (AvgIpc) is 2.67. The summed E-state index contributed by atoms with van der Waals surface area (Å²) >= 11 is 1.77. The van der Waals surface area contributed by atoms with Crippen molar-refractivity contribution in [2.75, 3.05) is 0 Å². The number of hydrogen-bond acceptors (Lipinski definition) is 2. The highest BCUT2D eigenvalue weighted by Gasteiger charge is 2.23. The lowest BCUT2D eigenvalue weighted by Crippen LogP contribution is -2.15. The Kier molecular flexibility index (Phi) is 5.13. The standard InChI is InChI=1S/C16H21NS/c1-13-8-6-7-11-15(13)18-16(12-17)14-9-4-2-3-5-10-14/h6-8,11,14,16H,2-5,9-10H2,1H3. The molecule has 0 saturated heterocycles. The minimum Gasteiger partial charge on any atom is -0.197 e. The fourth-order valence-electron chi connectivity index (χ4n) is 2.67. The number of hydrogen-bond donors (Lipinski definition) is 0. The maximum absolute atomic E-state index is 9.45. The number of thioether (sulfide) groups is 1. The lowest BCUT2D eigenvalue weighted by atomic mass is 9.97. The lowest BCUT2D eigenvalue weighted by Gasteiger charge is -2.20. The van der Waals surface area contributed by atoms with Gasteiger partial charge in [0.05, 0.1) is 11.3 Å². The van der Waals surface area contributed by atoms with Crippen molar-refractivity contribution in [1.29, 1.82) is 5.26 Å². The van der Waals surface area contributed by atoms with Crippen molar-refractivity contribution in [2.45, 2.75) is 55.6 Å². The Bertz CT molecular complexity index is 413. The molecule has 1 unspecified atom stereocenters. The molecular formula is C16H21NS. The summed E-state index contributed by atoms with van der Waals surface area (Å²) in [4.78, 5) is 1.27. The molecule has 1 atom stereocenters. The van der Waals surface area contributed by atoms with Crippen LogP contribution in [0.4, 0.5) is 0 Å². The van der Waals surface area contributed by atoms with E-state index in [9.17, 15) is 5.26 Å².